The van der Waals surface area contributed by atoms with Crippen molar-refractivity contribution in [3.63, 3.8) is 0 Å². The minimum atomic E-state index is 0.0343. The van der Waals surface area contributed by atoms with Gasteiger partial charge in [-0.1, -0.05) is 75.0 Å². The molecule has 0 aliphatic heterocycles. The molecule has 1 fully saturated rings. The molecule has 3 aliphatic carbocycles. The third-order valence-corrected chi connectivity index (χ3v) is 6.93. The number of hydrogen-bond donors (Lipinski definition) is 0. The molecule has 0 amide bonds. The SMILES string of the molecule is CC1(C)C2=C(c3ccc(Cl)cc31)C1(CCCCC1)c1ccccc12. The topological polar surface area (TPSA) is 0 Å². The van der Waals surface area contributed by atoms with Gasteiger partial charge in [0.05, 0.1) is 0 Å². The van der Waals surface area contributed by atoms with E-state index in [0.717, 1.165) is 5.02 Å². The van der Waals surface area contributed by atoms with E-state index in [1.807, 2.05) is 0 Å². The molecule has 1 spiro atoms. The molecule has 24 heavy (non-hydrogen) atoms. The summed E-state index contributed by atoms with van der Waals surface area (Å²) in [6.07, 6.45) is 6.65. The van der Waals surface area contributed by atoms with E-state index in [-0.39, 0.29) is 10.8 Å². The Kier molecular flexibility index (Phi) is 2.93. The summed E-state index contributed by atoms with van der Waals surface area (Å²) in [6, 6.07) is 15.7. The lowest BCUT2D eigenvalue weighted by molar-refractivity contribution is 0.372. The minimum Gasteiger partial charge on any atom is -0.0843 e. The molecular weight excluding hydrogens is 312 g/mol. The van der Waals surface area contributed by atoms with Crippen molar-refractivity contribution in [1.82, 2.24) is 0 Å². The number of benzene rings is 2. The third-order valence-electron chi connectivity index (χ3n) is 6.70. The summed E-state index contributed by atoms with van der Waals surface area (Å²) in [6.45, 7) is 4.76. The van der Waals surface area contributed by atoms with Crippen molar-refractivity contribution in [2.75, 3.05) is 0 Å². The molecule has 0 radical (unpaired) electrons. The smallest absolute Gasteiger partial charge is 0.0409 e. The maximum absolute atomic E-state index is 6.37. The molecule has 122 valence electrons. The highest BCUT2D eigenvalue weighted by molar-refractivity contribution is 6.31. The Bertz CT molecular complexity index is 879. The van der Waals surface area contributed by atoms with Gasteiger partial charge in [-0.25, -0.2) is 0 Å². The fraction of sp³-hybridized carbons (Fsp3) is 0.391. The zero-order valence-corrected chi connectivity index (χ0v) is 15.2. The van der Waals surface area contributed by atoms with E-state index in [1.165, 1.54) is 48.8 Å². The molecule has 3 aliphatic rings. The standard InChI is InChI=1S/C23H23Cl/c1-22(2)19-14-15(24)10-11-17(19)21-20(22)16-8-4-5-9-18(16)23(21)12-6-3-7-13-23/h4-5,8-11,14H,3,6-7,12-13H2,1-2H3. The fourth-order valence-electron chi connectivity index (χ4n) is 5.73. The summed E-state index contributed by atoms with van der Waals surface area (Å²) >= 11 is 6.37. The van der Waals surface area contributed by atoms with Crippen LogP contribution < -0.4 is 0 Å². The highest BCUT2D eigenvalue weighted by Crippen LogP contribution is 2.66. The summed E-state index contributed by atoms with van der Waals surface area (Å²) < 4.78 is 0. The van der Waals surface area contributed by atoms with Crippen LogP contribution in [0.5, 0.6) is 0 Å². The normalized spacial score (nSPS) is 22.5. The molecule has 0 N–H and O–H groups in total. The lowest BCUT2D eigenvalue weighted by Gasteiger charge is -2.38. The Morgan fingerprint density at radius 1 is 0.792 bits per heavy atom. The first kappa shape index (κ1) is 14.8. The van der Waals surface area contributed by atoms with Crippen LogP contribution in [0.4, 0.5) is 0 Å². The summed E-state index contributed by atoms with van der Waals surface area (Å²) in [5.41, 5.74) is 9.41. The maximum Gasteiger partial charge on any atom is 0.0409 e. The Morgan fingerprint density at radius 2 is 1.50 bits per heavy atom. The molecule has 0 nitrogen and oxygen atoms in total. The number of fused-ring (bicyclic) bond motifs is 6. The van der Waals surface area contributed by atoms with Crippen molar-refractivity contribution in [3.8, 4) is 0 Å². The first-order chi connectivity index (χ1) is 11.6. The first-order valence-electron chi connectivity index (χ1n) is 9.21. The Hall–Kier alpha value is -1.53. The molecule has 0 aromatic heterocycles. The lowest BCUT2D eigenvalue weighted by Crippen LogP contribution is -2.28. The average Bonchev–Trinajstić information content (AvgIpc) is 2.99. The molecule has 2 aromatic carbocycles. The summed E-state index contributed by atoms with van der Waals surface area (Å²) in [7, 11) is 0. The second kappa shape index (κ2) is 4.76. The average molecular weight is 335 g/mol. The van der Waals surface area contributed by atoms with Gasteiger partial charge < -0.3 is 0 Å². The van der Waals surface area contributed by atoms with Crippen molar-refractivity contribution in [1.29, 1.82) is 0 Å². The van der Waals surface area contributed by atoms with Gasteiger partial charge in [-0.2, -0.15) is 0 Å². The quantitative estimate of drug-likeness (QED) is 0.499. The largest absolute Gasteiger partial charge is 0.0843 e. The van der Waals surface area contributed by atoms with E-state index < -0.39 is 0 Å². The molecule has 0 bridgehead atoms. The van der Waals surface area contributed by atoms with Crippen LogP contribution in [0, 0.1) is 0 Å². The van der Waals surface area contributed by atoms with Crippen LogP contribution in [0.15, 0.2) is 42.5 Å². The Labute approximate surface area is 149 Å². The number of hydrogen-bond acceptors (Lipinski definition) is 0. The maximum atomic E-state index is 6.37. The van der Waals surface area contributed by atoms with E-state index in [9.17, 15) is 0 Å². The molecule has 0 atom stereocenters. The van der Waals surface area contributed by atoms with Gasteiger partial charge in [-0.05, 0) is 58.4 Å². The van der Waals surface area contributed by atoms with Gasteiger partial charge in [0.1, 0.15) is 0 Å². The van der Waals surface area contributed by atoms with Crippen LogP contribution in [0.25, 0.3) is 11.1 Å². The second-order valence-electron chi connectivity index (χ2n) is 8.25. The Morgan fingerprint density at radius 3 is 2.29 bits per heavy atom. The second-order valence-corrected chi connectivity index (χ2v) is 8.69. The first-order valence-corrected chi connectivity index (χ1v) is 9.59. The van der Waals surface area contributed by atoms with Gasteiger partial charge in [-0.3, -0.25) is 0 Å². The third kappa shape index (κ3) is 1.66. The molecule has 0 heterocycles. The molecule has 5 rings (SSSR count). The van der Waals surface area contributed by atoms with Crippen LogP contribution in [-0.4, -0.2) is 0 Å². The van der Waals surface area contributed by atoms with Crippen LogP contribution in [-0.2, 0) is 10.8 Å². The minimum absolute atomic E-state index is 0.0343. The van der Waals surface area contributed by atoms with Gasteiger partial charge in [0.2, 0.25) is 0 Å². The van der Waals surface area contributed by atoms with Crippen molar-refractivity contribution in [2.45, 2.75) is 56.8 Å². The van der Waals surface area contributed by atoms with Gasteiger partial charge >= 0.3 is 0 Å². The molecule has 0 unspecified atom stereocenters. The molecular formula is C23H23Cl. The van der Waals surface area contributed by atoms with E-state index in [1.54, 1.807) is 16.7 Å². The van der Waals surface area contributed by atoms with Crippen LogP contribution in [0.3, 0.4) is 0 Å². The van der Waals surface area contributed by atoms with Crippen molar-refractivity contribution in [2.24, 2.45) is 0 Å². The fourth-order valence-corrected chi connectivity index (χ4v) is 5.90. The van der Waals surface area contributed by atoms with Gasteiger partial charge in [0, 0.05) is 15.9 Å². The van der Waals surface area contributed by atoms with Crippen molar-refractivity contribution >= 4 is 22.7 Å². The summed E-state index contributed by atoms with van der Waals surface area (Å²) in [4.78, 5) is 0. The lowest BCUT2D eigenvalue weighted by atomic mass is 9.65. The van der Waals surface area contributed by atoms with E-state index in [0.29, 0.717) is 0 Å². The Balaban J connectivity index is 1.86. The van der Waals surface area contributed by atoms with E-state index in [4.69, 9.17) is 11.6 Å². The van der Waals surface area contributed by atoms with Crippen LogP contribution in [0.2, 0.25) is 5.02 Å². The van der Waals surface area contributed by atoms with Gasteiger partial charge in [0.15, 0.2) is 0 Å². The van der Waals surface area contributed by atoms with Crippen LogP contribution >= 0.6 is 11.6 Å². The molecule has 2 aromatic rings. The highest BCUT2D eigenvalue weighted by Gasteiger charge is 2.53. The van der Waals surface area contributed by atoms with Crippen molar-refractivity contribution < 1.29 is 0 Å². The number of rotatable bonds is 0. The van der Waals surface area contributed by atoms with E-state index >= 15 is 0 Å². The van der Waals surface area contributed by atoms with E-state index in [2.05, 4.69) is 56.3 Å². The summed E-state index contributed by atoms with van der Waals surface area (Å²) in [5.74, 6) is 0. The predicted octanol–water partition coefficient (Wildman–Crippen LogP) is 6.76. The number of allylic oxidation sites excluding steroid dienone is 2. The number of halogens is 1. The molecule has 1 heteroatoms. The molecule has 0 saturated heterocycles. The van der Waals surface area contributed by atoms with Gasteiger partial charge in [0.25, 0.3) is 0 Å². The summed E-state index contributed by atoms with van der Waals surface area (Å²) in [5, 5.41) is 0.856. The van der Waals surface area contributed by atoms with Crippen LogP contribution in [0.1, 0.15) is 68.2 Å². The van der Waals surface area contributed by atoms with Gasteiger partial charge in [-0.15, -0.1) is 0 Å². The zero-order valence-electron chi connectivity index (χ0n) is 14.5. The molecule has 1 saturated carbocycles. The van der Waals surface area contributed by atoms with Crippen molar-refractivity contribution in [3.05, 3.63) is 69.7 Å². The predicted molar refractivity (Wildman–Crippen MR) is 102 cm³/mol. The monoisotopic (exact) mass is 334 g/mol. The highest BCUT2D eigenvalue weighted by atomic mass is 35.5. The zero-order chi connectivity index (χ0) is 16.5.